The number of benzene rings is 2. The summed E-state index contributed by atoms with van der Waals surface area (Å²) in [5.74, 6) is 0.846. The highest BCUT2D eigenvalue weighted by Gasteiger charge is 2.05. The molecule has 2 aromatic carbocycles. The number of nitrogens with one attached hydrogen (secondary N) is 1. The Hall–Kier alpha value is -2.07. The molecule has 0 aliphatic heterocycles. The molecular formula is C16H14N2OS. The second-order valence-corrected chi connectivity index (χ2v) is 5.56. The van der Waals surface area contributed by atoms with Gasteiger partial charge in [-0.2, -0.15) is 0 Å². The number of rotatable bonds is 4. The topological polar surface area (TPSA) is 45.8 Å². The lowest BCUT2D eigenvalue weighted by Gasteiger charge is -2.03. The highest BCUT2D eigenvalue weighted by atomic mass is 32.2. The van der Waals surface area contributed by atoms with Crippen molar-refractivity contribution in [1.29, 1.82) is 0 Å². The number of aromatic amines is 1. The van der Waals surface area contributed by atoms with Gasteiger partial charge in [0.2, 0.25) is 0 Å². The molecule has 0 saturated heterocycles. The molecule has 0 bridgehead atoms. The fourth-order valence-corrected chi connectivity index (χ4v) is 2.90. The third kappa shape index (κ3) is 2.91. The molecule has 0 fully saturated rings. The lowest BCUT2D eigenvalue weighted by atomic mass is 10.2. The van der Waals surface area contributed by atoms with Crippen LogP contribution in [-0.4, -0.2) is 15.7 Å². The van der Waals surface area contributed by atoms with E-state index >= 15 is 0 Å². The zero-order valence-electron chi connectivity index (χ0n) is 10.9. The van der Waals surface area contributed by atoms with Crippen LogP contribution in [0.4, 0.5) is 0 Å². The first-order valence-corrected chi connectivity index (χ1v) is 7.47. The predicted octanol–water partition coefficient (Wildman–Crippen LogP) is 3.26. The van der Waals surface area contributed by atoms with Gasteiger partial charge in [-0.15, -0.1) is 11.8 Å². The van der Waals surface area contributed by atoms with Crippen molar-refractivity contribution in [1.82, 2.24) is 9.97 Å². The normalized spacial score (nSPS) is 10.8. The van der Waals surface area contributed by atoms with Crippen molar-refractivity contribution in [2.75, 3.05) is 5.75 Å². The SMILES string of the molecule is O=c1[nH]c2ccccc2nc1SCCc1ccccc1. The van der Waals surface area contributed by atoms with Gasteiger partial charge in [0.15, 0.2) is 5.03 Å². The predicted molar refractivity (Wildman–Crippen MR) is 83.2 cm³/mol. The van der Waals surface area contributed by atoms with Crippen LogP contribution >= 0.6 is 11.8 Å². The van der Waals surface area contributed by atoms with Gasteiger partial charge in [-0.3, -0.25) is 4.79 Å². The van der Waals surface area contributed by atoms with Gasteiger partial charge in [0, 0.05) is 5.75 Å². The summed E-state index contributed by atoms with van der Waals surface area (Å²) >= 11 is 1.50. The third-order valence-corrected chi connectivity index (χ3v) is 4.00. The van der Waals surface area contributed by atoms with Gasteiger partial charge in [0.25, 0.3) is 5.56 Å². The van der Waals surface area contributed by atoms with Gasteiger partial charge < -0.3 is 4.98 Å². The van der Waals surface area contributed by atoms with Crippen LogP contribution < -0.4 is 5.56 Å². The third-order valence-electron chi connectivity index (χ3n) is 3.04. The van der Waals surface area contributed by atoms with Crippen LogP contribution in [0, 0.1) is 0 Å². The van der Waals surface area contributed by atoms with E-state index in [1.54, 1.807) is 0 Å². The number of nitrogens with zero attached hydrogens (tertiary/aromatic N) is 1. The summed E-state index contributed by atoms with van der Waals surface area (Å²) in [6.45, 7) is 0. The summed E-state index contributed by atoms with van der Waals surface area (Å²) in [5.41, 5.74) is 2.78. The first kappa shape index (κ1) is 12.9. The number of hydrogen-bond acceptors (Lipinski definition) is 3. The molecule has 100 valence electrons. The molecule has 0 aliphatic carbocycles. The van der Waals surface area contributed by atoms with E-state index in [0.29, 0.717) is 5.03 Å². The van der Waals surface area contributed by atoms with Crippen LogP contribution in [0.1, 0.15) is 5.56 Å². The molecule has 0 radical (unpaired) electrons. The average molecular weight is 282 g/mol. The molecule has 0 saturated carbocycles. The fourth-order valence-electron chi connectivity index (χ4n) is 2.02. The van der Waals surface area contributed by atoms with Crippen molar-refractivity contribution in [2.24, 2.45) is 0 Å². The Balaban J connectivity index is 1.74. The van der Waals surface area contributed by atoms with E-state index in [1.165, 1.54) is 17.3 Å². The van der Waals surface area contributed by atoms with Crippen molar-refractivity contribution in [3.05, 3.63) is 70.5 Å². The van der Waals surface area contributed by atoms with Crippen LogP contribution in [0.5, 0.6) is 0 Å². The smallest absolute Gasteiger partial charge is 0.280 e. The molecule has 0 amide bonds. The monoisotopic (exact) mass is 282 g/mol. The van der Waals surface area contributed by atoms with Gasteiger partial charge in [0.05, 0.1) is 11.0 Å². The molecule has 1 N–H and O–H groups in total. The van der Waals surface area contributed by atoms with Crippen LogP contribution in [0.25, 0.3) is 11.0 Å². The molecule has 0 spiro atoms. The Morgan fingerprint density at radius 1 is 1.00 bits per heavy atom. The van der Waals surface area contributed by atoms with E-state index in [9.17, 15) is 4.79 Å². The average Bonchev–Trinajstić information content (AvgIpc) is 2.49. The van der Waals surface area contributed by atoms with Gasteiger partial charge in [-0.1, -0.05) is 42.5 Å². The van der Waals surface area contributed by atoms with E-state index in [4.69, 9.17) is 0 Å². The summed E-state index contributed by atoms with van der Waals surface area (Å²) < 4.78 is 0. The maximum absolute atomic E-state index is 11.9. The number of aromatic nitrogens is 2. The van der Waals surface area contributed by atoms with Crippen molar-refractivity contribution in [3.63, 3.8) is 0 Å². The Bertz CT molecular complexity index is 768. The molecular weight excluding hydrogens is 268 g/mol. The van der Waals surface area contributed by atoms with E-state index in [2.05, 4.69) is 22.1 Å². The van der Waals surface area contributed by atoms with E-state index in [-0.39, 0.29) is 5.56 Å². The van der Waals surface area contributed by atoms with E-state index < -0.39 is 0 Å². The van der Waals surface area contributed by atoms with Crippen molar-refractivity contribution in [2.45, 2.75) is 11.4 Å². The fraction of sp³-hybridized carbons (Fsp3) is 0.125. The van der Waals surface area contributed by atoms with Crippen molar-refractivity contribution >= 4 is 22.8 Å². The number of H-pyrrole nitrogens is 1. The highest BCUT2D eigenvalue weighted by Crippen LogP contribution is 2.15. The maximum atomic E-state index is 11.9. The van der Waals surface area contributed by atoms with Crippen LogP contribution in [0.15, 0.2) is 64.4 Å². The minimum absolute atomic E-state index is 0.109. The summed E-state index contributed by atoms with van der Waals surface area (Å²) in [7, 11) is 0. The molecule has 0 aliphatic rings. The molecule has 0 atom stereocenters. The first-order chi connectivity index (χ1) is 9.83. The molecule has 1 aromatic heterocycles. The summed E-state index contributed by atoms with van der Waals surface area (Å²) in [6, 6.07) is 17.8. The number of fused-ring (bicyclic) bond motifs is 1. The molecule has 3 aromatic rings. The second-order valence-electron chi connectivity index (χ2n) is 4.47. The standard InChI is InChI=1S/C16H14N2OS/c19-15-16(18-14-9-5-4-8-13(14)17-15)20-11-10-12-6-2-1-3-7-12/h1-9H,10-11H2,(H,17,19). The quantitative estimate of drug-likeness (QED) is 0.747. The van der Waals surface area contributed by atoms with E-state index in [1.807, 2.05) is 42.5 Å². The Morgan fingerprint density at radius 2 is 1.75 bits per heavy atom. The zero-order valence-corrected chi connectivity index (χ0v) is 11.7. The van der Waals surface area contributed by atoms with Crippen LogP contribution in [0.2, 0.25) is 0 Å². The minimum Gasteiger partial charge on any atom is -0.318 e. The molecule has 20 heavy (non-hydrogen) atoms. The van der Waals surface area contributed by atoms with E-state index in [0.717, 1.165) is 23.2 Å². The number of thioether (sulfide) groups is 1. The number of hydrogen-bond donors (Lipinski definition) is 1. The van der Waals surface area contributed by atoms with Crippen LogP contribution in [0.3, 0.4) is 0 Å². The Kier molecular flexibility index (Phi) is 3.83. The molecule has 0 unspecified atom stereocenters. The largest absolute Gasteiger partial charge is 0.318 e. The Morgan fingerprint density at radius 3 is 2.60 bits per heavy atom. The van der Waals surface area contributed by atoms with Gasteiger partial charge in [-0.25, -0.2) is 4.98 Å². The maximum Gasteiger partial charge on any atom is 0.280 e. The first-order valence-electron chi connectivity index (χ1n) is 6.49. The molecule has 4 heteroatoms. The van der Waals surface area contributed by atoms with Crippen LogP contribution in [-0.2, 0) is 6.42 Å². The second kappa shape index (κ2) is 5.92. The molecule has 3 nitrogen and oxygen atoms in total. The van der Waals surface area contributed by atoms with Gasteiger partial charge >= 0.3 is 0 Å². The highest BCUT2D eigenvalue weighted by molar-refractivity contribution is 7.99. The molecule has 3 rings (SSSR count). The van der Waals surface area contributed by atoms with Gasteiger partial charge in [0.1, 0.15) is 0 Å². The minimum atomic E-state index is -0.109. The number of aryl methyl sites for hydroxylation is 1. The summed E-state index contributed by atoms with van der Waals surface area (Å²) in [5, 5.41) is 0.541. The summed E-state index contributed by atoms with van der Waals surface area (Å²) in [6.07, 6.45) is 0.930. The van der Waals surface area contributed by atoms with Crippen molar-refractivity contribution < 1.29 is 0 Å². The molecule has 1 heterocycles. The lowest BCUT2D eigenvalue weighted by Crippen LogP contribution is -2.11. The van der Waals surface area contributed by atoms with Gasteiger partial charge in [-0.05, 0) is 24.1 Å². The van der Waals surface area contributed by atoms with Crippen molar-refractivity contribution in [3.8, 4) is 0 Å². The lowest BCUT2D eigenvalue weighted by molar-refractivity contribution is 1.05. The number of para-hydroxylation sites is 2. The Labute approximate surface area is 121 Å². The summed E-state index contributed by atoms with van der Waals surface area (Å²) in [4.78, 5) is 19.2. The zero-order chi connectivity index (χ0) is 13.8.